The maximum atomic E-state index is 12.1. The molecule has 0 spiro atoms. The lowest BCUT2D eigenvalue weighted by molar-refractivity contribution is -0.158. The van der Waals surface area contributed by atoms with Gasteiger partial charge in [-0.15, -0.1) is 0 Å². The third kappa shape index (κ3) is 4.25. The number of aliphatic hydroxyl groups is 1. The van der Waals surface area contributed by atoms with Gasteiger partial charge in [0.2, 0.25) is 0 Å². The fourth-order valence-corrected chi connectivity index (χ4v) is 2.90. The average molecular weight is 348 g/mol. The van der Waals surface area contributed by atoms with Crippen molar-refractivity contribution in [1.82, 2.24) is 0 Å². The van der Waals surface area contributed by atoms with Gasteiger partial charge in [0.15, 0.2) is 5.78 Å². The molecule has 1 N–H and O–H groups in total. The molecule has 2 aliphatic rings. The van der Waals surface area contributed by atoms with E-state index in [4.69, 9.17) is 9.47 Å². The number of hydrogen-bond donors (Lipinski definition) is 1. The van der Waals surface area contributed by atoms with Gasteiger partial charge in [-0.2, -0.15) is 0 Å². The van der Waals surface area contributed by atoms with Crippen LogP contribution in [0.5, 0.6) is 0 Å². The van der Waals surface area contributed by atoms with Gasteiger partial charge in [0.05, 0.1) is 17.4 Å². The van der Waals surface area contributed by atoms with E-state index in [0.29, 0.717) is 5.57 Å². The van der Waals surface area contributed by atoms with Crippen LogP contribution in [0.2, 0.25) is 0 Å². The Balaban J connectivity index is 2.49. The van der Waals surface area contributed by atoms with E-state index < -0.39 is 35.7 Å². The molecule has 0 radical (unpaired) electrons. The molecule has 6 heteroatoms. The second-order valence-corrected chi connectivity index (χ2v) is 7.16. The number of rotatable bonds is 2. The van der Waals surface area contributed by atoms with Gasteiger partial charge in [-0.3, -0.25) is 9.59 Å². The van der Waals surface area contributed by atoms with Gasteiger partial charge in [0.25, 0.3) is 0 Å². The molecule has 0 amide bonds. The number of carbonyl (C=O) groups is 3. The first-order valence-corrected chi connectivity index (χ1v) is 8.26. The zero-order valence-corrected chi connectivity index (χ0v) is 14.9. The van der Waals surface area contributed by atoms with Crippen LogP contribution < -0.4 is 0 Å². The van der Waals surface area contributed by atoms with Crippen LogP contribution in [-0.2, 0) is 23.9 Å². The third-order valence-corrected chi connectivity index (χ3v) is 4.41. The first kappa shape index (κ1) is 19.1. The average Bonchev–Trinajstić information content (AvgIpc) is 2.77. The normalized spacial score (nSPS) is 34.2. The van der Waals surface area contributed by atoms with Crippen LogP contribution in [-0.4, -0.2) is 40.6 Å². The molecule has 4 atom stereocenters. The van der Waals surface area contributed by atoms with Gasteiger partial charge in [-0.1, -0.05) is 20.4 Å². The van der Waals surface area contributed by atoms with Crippen molar-refractivity contribution in [2.24, 2.45) is 11.8 Å². The largest absolute Gasteiger partial charge is 0.461 e. The highest BCUT2D eigenvalue weighted by Gasteiger charge is 2.46. The molecular formula is C19H24O6. The van der Waals surface area contributed by atoms with Crippen molar-refractivity contribution in [3.8, 4) is 0 Å². The highest BCUT2D eigenvalue weighted by molar-refractivity contribution is 6.03. The number of hydrogen-bond acceptors (Lipinski definition) is 6. The summed E-state index contributed by atoms with van der Waals surface area (Å²) in [4.78, 5) is 36.2. The molecule has 1 saturated heterocycles. The van der Waals surface area contributed by atoms with Gasteiger partial charge in [-0.05, 0) is 37.6 Å². The van der Waals surface area contributed by atoms with Crippen LogP contribution in [0.1, 0.15) is 34.1 Å². The molecule has 0 bridgehead atoms. The van der Waals surface area contributed by atoms with Crippen LogP contribution in [0.4, 0.5) is 0 Å². The second-order valence-electron chi connectivity index (χ2n) is 7.16. The van der Waals surface area contributed by atoms with Crippen LogP contribution in [0.25, 0.3) is 0 Å². The Labute approximate surface area is 147 Å². The van der Waals surface area contributed by atoms with Crippen LogP contribution >= 0.6 is 0 Å². The Morgan fingerprint density at radius 1 is 1.44 bits per heavy atom. The first-order valence-electron chi connectivity index (χ1n) is 8.26. The van der Waals surface area contributed by atoms with E-state index >= 15 is 0 Å². The van der Waals surface area contributed by atoms with Gasteiger partial charge in [-0.25, -0.2) is 4.79 Å². The van der Waals surface area contributed by atoms with Crippen molar-refractivity contribution in [2.45, 2.75) is 51.9 Å². The summed E-state index contributed by atoms with van der Waals surface area (Å²) in [5.41, 5.74) is -0.852. The molecule has 0 aromatic rings. The summed E-state index contributed by atoms with van der Waals surface area (Å²) in [5, 5.41) is 10.6. The molecule has 0 aromatic carbocycles. The molecular weight excluding hydrogens is 324 g/mol. The van der Waals surface area contributed by atoms with Crippen molar-refractivity contribution < 1.29 is 29.0 Å². The fourth-order valence-electron chi connectivity index (χ4n) is 2.90. The molecule has 0 aromatic heterocycles. The lowest BCUT2D eigenvalue weighted by atomic mass is 9.82. The topological polar surface area (TPSA) is 89.9 Å². The number of ether oxygens (including phenoxy) is 2. The van der Waals surface area contributed by atoms with Crippen molar-refractivity contribution in [3.63, 3.8) is 0 Å². The van der Waals surface area contributed by atoms with Crippen molar-refractivity contribution >= 4 is 17.7 Å². The number of ketones is 1. The summed E-state index contributed by atoms with van der Waals surface area (Å²) in [6, 6.07) is 0. The zero-order chi connectivity index (χ0) is 18.9. The highest BCUT2D eigenvalue weighted by atomic mass is 16.6. The Morgan fingerprint density at radius 3 is 2.68 bits per heavy atom. The number of esters is 2. The van der Waals surface area contributed by atoms with Crippen LogP contribution in [0.3, 0.4) is 0 Å². The molecule has 1 heterocycles. The van der Waals surface area contributed by atoms with Crippen LogP contribution in [0, 0.1) is 11.8 Å². The van der Waals surface area contributed by atoms with Crippen molar-refractivity contribution in [1.29, 1.82) is 0 Å². The molecule has 25 heavy (non-hydrogen) atoms. The standard InChI is InChI=1S/C19H24O6/c1-10(2)17(21)25-15-9-19(5,23)7-6-13(20)11(3)8-14-16(15)12(4)18(22)24-14/h6-8,10,14-16,23H,4,9H2,1-3,5H3/b7-6-,11-8?/t14-,15-,16+,19+/m1/s1. The van der Waals surface area contributed by atoms with E-state index in [9.17, 15) is 19.5 Å². The predicted octanol–water partition coefficient (Wildman–Crippen LogP) is 1.88. The second kappa shape index (κ2) is 6.96. The molecule has 0 saturated carbocycles. The summed E-state index contributed by atoms with van der Waals surface area (Å²) in [6.07, 6.45) is 2.64. The monoisotopic (exact) mass is 348 g/mol. The van der Waals surface area contributed by atoms with Crippen molar-refractivity contribution in [3.05, 3.63) is 36.0 Å². The molecule has 6 nitrogen and oxygen atoms in total. The minimum Gasteiger partial charge on any atom is -0.461 e. The van der Waals surface area contributed by atoms with Crippen molar-refractivity contribution in [2.75, 3.05) is 0 Å². The zero-order valence-electron chi connectivity index (χ0n) is 14.9. The maximum absolute atomic E-state index is 12.1. The minimum atomic E-state index is -1.40. The highest BCUT2D eigenvalue weighted by Crippen LogP contribution is 2.37. The summed E-state index contributed by atoms with van der Waals surface area (Å²) >= 11 is 0. The smallest absolute Gasteiger partial charge is 0.334 e. The number of allylic oxidation sites excluding steroid dienone is 2. The molecule has 1 aliphatic heterocycles. The minimum absolute atomic E-state index is 0.0129. The lowest BCUT2D eigenvalue weighted by Gasteiger charge is -2.32. The van der Waals surface area contributed by atoms with E-state index in [1.165, 1.54) is 19.1 Å². The number of carbonyl (C=O) groups excluding carboxylic acids is 3. The first-order chi connectivity index (χ1) is 11.5. The van der Waals surface area contributed by atoms with E-state index in [2.05, 4.69) is 6.58 Å². The van der Waals surface area contributed by atoms with E-state index in [1.54, 1.807) is 26.8 Å². The Bertz CT molecular complexity index is 667. The van der Waals surface area contributed by atoms with E-state index in [1.807, 2.05) is 0 Å². The molecule has 2 rings (SSSR count). The summed E-state index contributed by atoms with van der Waals surface area (Å²) in [5.74, 6) is -2.34. The summed E-state index contributed by atoms with van der Waals surface area (Å²) in [6.45, 7) is 10.3. The Hall–Kier alpha value is -2.21. The summed E-state index contributed by atoms with van der Waals surface area (Å²) < 4.78 is 10.9. The van der Waals surface area contributed by atoms with E-state index in [-0.39, 0.29) is 23.7 Å². The van der Waals surface area contributed by atoms with Gasteiger partial charge in [0.1, 0.15) is 12.2 Å². The van der Waals surface area contributed by atoms with Crippen LogP contribution in [0.15, 0.2) is 36.0 Å². The molecule has 1 fully saturated rings. The molecule has 0 unspecified atom stereocenters. The SMILES string of the molecule is C=C1C(=O)O[C@@H]2C=C(C)C(=O)/C=C\[C@](C)(O)C[C@@H](OC(=O)C(C)C)[C@@H]12. The maximum Gasteiger partial charge on any atom is 0.334 e. The lowest BCUT2D eigenvalue weighted by Crippen LogP contribution is -2.40. The molecule has 1 aliphatic carbocycles. The summed E-state index contributed by atoms with van der Waals surface area (Å²) in [7, 11) is 0. The quantitative estimate of drug-likeness (QED) is 0.605. The predicted molar refractivity (Wildman–Crippen MR) is 90.4 cm³/mol. The van der Waals surface area contributed by atoms with Gasteiger partial charge >= 0.3 is 11.9 Å². The Morgan fingerprint density at radius 2 is 2.08 bits per heavy atom. The Kier molecular flexibility index (Phi) is 5.32. The van der Waals surface area contributed by atoms with Gasteiger partial charge in [0, 0.05) is 12.0 Å². The third-order valence-electron chi connectivity index (χ3n) is 4.41. The van der Waals surface area contributed by atoms with Gasteiger partial charge < -0.3 is 14.6 Å². The number of fused-ring (bicyclic) bond motifs is 1. The molecule has 136 valence electrons. The fraction of sp³-hybridized carbons (Fsp3) is 0.526. The van der Waals surface area contributed by atoms with E-state index in [0.717, 1.165) is 0 Å².